The maximum absolute atomic E-state index is 7.25. The topological polar surface area (TPSA) is 33.5 Å². The van der Waals surface area contributed by atoms with Crippen LogP contribution >= 0.6 is 0 Å². The quantitative estimate of drug-likeness (QED) is 0.137. The Morgan fingerprint density at radius 2 is 1.13 bits per heavy atom. The van der Waals surface area contributed by atoms with Gasteiger partial charge >= 0.3 is 0 Å². The van der Waals surface area contributed by atoms with Gasteiger partial charge in [-0.15, -0.1) is 0 Å². The van der Waals surface area contributed by atoms with Gasteiger partial charge < -0.3 is 14.5 Å². The summed E-state index contributed by atoms with van der Waals surface area (Å²) in [5, 5.41) is 2.44. The van der Waals surface area contributed by atoms with Crippen LogP contribution in [-0.4, -0.2) is 16.2 Å². The van der Waals surface area contributed by atoms with E-state index in [0.717, 1.165) is 34.0 Å². The summed E-state index contributed by atoms with van der Waals surface area (Å²) in [5.74, 6) is 3.19. The van der Waals surface area contributed by atoms with Gasteiger partial charge in [-0.1, -0.05) is 183 Å². The molecular formula is C65H74N4O. The molecule has 360 valence electrons. The summed E-state index contributed by atoms with van der Waals surface area (Å²) in [6.45, 7) is 35.2. The lowest BCUT2D eigenvalue weighted by Gasteiger charge is -2.31. The van der Waals surface area contributed by atoms with Crippen molar-refractivity contribution in [3.8, 4) is 17.3 Å². The van der Waals surface area contributed by atoms with Gasteiger partial charge in [0.25, 0.3) is 0 Å². The van der Waals surface area contributed by atoms with Crippen LogP contribution in [0, 0.1) is 0 Å². The molecule has 6 aromatic carbocycles. The fourth-order valence-electron chi connectivity index (χ4n) is 10.3. The fraction of sp³-hybridized carbons (Fsp3) is 0.338. The van der Waals surface area contributed by atoms with Gasteiger partial charge in [0.2, 0.25) is 0 Å². The van der Waals surface area contributed by atoms with Crippen LogP contribution in [0.3, 0.4) is 0 Å². The lowest BCUT2D eigenvalue weighted by atomic mass is 9.78. The Balaban J connectivity index is 1.21. The molecule has 2 aromatic heterocycles. The standard InChI is InChI=1S/C65H74N4O/c1-42(2)52-28-22-29-53(43(3)4)60(52)58-40-67(41-68(58)48-26-21-25-46(33-48)65(14,15)44-23-17-16-18-24-44)49-34-47(63(8,9)10)35-50(37-49)70-51-38-55(64(11,12)13)61-54-27-19-20-30-56(54)69(57(61)39-51)59-36-45(31-32-66-59)62(5,6)7/h16-40,42-43H,41H2,1-15H3. The maximum atomic E-state index is 7.25. The molecule has 0 N–H and O–H groups in total. The molecule has 0 aliphatic carbocycles. The lowest BCUT2D eigenvalue weighted by molar-refractivity contribution is 0.476. The molecule has 1 aliphatic rings. The summed E-state index contributed by atoms with van der Waals surface area (Å²) in [5.41, 5.74) is 15.5. The van der Waals surface area contributed by atoms with Crippen molar-refractivity contribution in [2.45, 2.75) is 137 Å². The minimum absolute atomic E-state index is 0.0305. The molecule has 0 radical (unpaired) electrons. The SMILES string of the molecule is CC(C)c1cccc(C(C)C)c1C1=CN(c2cc(Oc3cc(C(C)(C)C)c4c5ccccc5n(-c5cc(C(C)(C)C)ccn5)c4c3)cc(C(C)(C)C)c2)CN1c1cccc(C(C)(C)c2ccccc2)c1. The minimum Gasteiger partial charge on any atom is -0.457 e. The number of nitrogens with zero attached hydrogens (tertiary/aromatic N) is 4. The number of anilines is 2. The van der Waals surface area contributed by atoms with E-state index in [0.29, 0.717) is 18.5 Å². The van der Waals surface area contributed by atoms with E-state index in [1.807, 2.05) is 6.20 Å². The number of para-hydroxylation sites is 1. The predicted octanol–water partition coefficient (Wildman–Crippen LogP) is 17.7. The summed E-state index contributed by atoms with van der Waals surface area (Å²) in [6, 6.07) is 51.5. The second kappa shape index (κ2) is 18.0. The van der Waals surface area contributed by atoms with E-state index in [-0.39, 0.29) is 21.7 Å². The third kappa shape index (κ3) is 9.16. The summed E-state index contributed by atoms with van der Waals surface area (Å²) in [6.07, 6.45) is 4.35. The van der Waals surface area contributed by atoms with Crippen LogP contribution < -0.4 is 14.5 Å². The van der Waals surface area contributed by atoms with Crippen LogP contribution in [0.4, 0.5) is 11.4 Å². The van der Waals surface area contributed by atoms with E-state index < -0.39 is 0 Å². The molecule has 1 aliphatic heterocycles. The van der Waals surface area contributed by atoms with Gasteiger partial charge in [0.15, 0.2) is 0 Å². The van der Waals surface area contributed by atoms with Gasteiger partial charge in [-0.25, -0.2) is 4.98 Å². The van der Waals surface area contributed by atoms with E-state index in [1.165, 1.54) is 66.7 Å². The van der Waals surface area contributed by atoms with Crippen molar-refractivity contribution in [3.05, 3.63) is 196 Å². The normalized spacial score (nSPS) is 13.9. The van der Waals surface area contributed by atoms with Crippen LogP contribution in [0.25, 0.3) is 33.3 Å². The summed E-state index contributed by atoms with van der Waals surface area (Å²) in [7, 11) is 0. The first-order valence-corrected chi connectivity index (χ1v) is 25.4. The molecular weight excluding hydrogens is 853 g/mol. The van der Waals surface area contributed by atoms with E-state index >= 15 is 0 Å². The summed E-state index contributed by atoms with van der Waals surface area (Å²) >= 11 is 0. The molecule has 0 saturated carbocycles. The van der Waals surface area contributed by atoms with Crippen LogP contribution in [-0.2, 0) is 21.7 Å². The second-order valence-corrected chi connectivity index (χ2v) is 23.9. The average molecular weight is 927 g/mol. The number of pyridine rings is 1. The highest BCUT2D eigenvalue weighted by atomic mass is 16.5. The number of rotatable bonds is 10. The molecule has 0 bridgehead atoms. The van der Waals surface area contributed by atoms with Crippen LogP contribution in [0.2, 0.25) is 0 Å². The molecule has 3 heterocycles. The highest BCUT2D eigenvalue weighted by Crippen LogP contribution is 2.46. The van der Waals surface area contributed by atoms with Crippen molar-refractivity contribution in [1.29, 1.82) is 0 Å². The molecule has 70 heavy (non-hydrogen) atoms. The largest absolute Gasteiger partial charge is 0.457 e. The van der Waals surface area contributed by atoms with Crippen molar-refractivity contribution >= 4 is 38.9 Å². The molecule has 0 atom stereocenters. The third-order valence-corrected chi connectivity index (χ3v) is 14.6. The fourth-order valence-corrected chi connectivity index (χ4v) is 10.3. The molecule has 0 unspecified atom stereocenters. The average Bonchev–Trinajstić information content (AvgIpc) is 3.91. The zero-order chi connectivity index (χ0) is 50.1. The van der Waals surface area contributed by atoms with E-state index in [2.05, 4.69) is 264 Å². The van der Waals surface area contributed by atoms with Crippen LogP contribution in [0.15, 0.2) is 152 Å². The van der Waals surface area contributed by atoms with Crippen molar-refractivity contribution in [2.75, 3.05) is 16.5 Å². The lowest BCUT2D eigenvalue weighted by Crippen LogP contribution is -2.28. The van der Waals surface area contributed by atoms with Crippen molar-refractivity contribution in [3.63, 3.8) is 0 Å². The summed E-state index contributed by atoms with van der Waals surface area (Å²) < 4.78 is 9.58. The Morgan fingerprint density at radius 1 is 0.514 bits per heavy atom. The molecule has 0 fully saturated rings. The van der Waals surface area contributed by atoms with Crippen molar-refractivity contribution < 1.29 is 4.74 Å². The molecule has 9 rings (SSSR count). The molecule has 0 amide bonds. The zero-order valence-corrected chi connectivity index (χ0v) is 44.5. The van der Waals surface area contributed by atoms with Crippen molar-refractivity contribution in [1.82, 2.24) is 9.55 Å². The first-order valence-electron chi connectivity index (χ1n) is 25.4. The number of aromatic nitrogens is 2. The zero-order valence-electron chi connectivity index (χ0n) is 44.5. The minimum atomic E-state index is -0.190. The molecule has 5 heteroatoms. The monoisotopic (exact) mass is 927 g/mol. The summed E-state index contributed by atoms with van der Waals surface area (Å²) in [4.78, 5) is 9.99. The number of hydrogen-bond donors (Lipinski definition) is 0. The van der Waals surface area contributed by atoms with Gasteiger partial charge in [-0.2, -0.15) is 0 Å². The Morgan fingerprint density at radius 3 is 1.79 bits per heavy atom. The predicted molar refractivity (Wildman–Crippen MR) is 299 cm³/mol. The number of benzene rings is 6. The van der Waals surface area contributed by atoms with Gasteiger partial charge in [0.1, 0.15) is 17.3 Å². The van der Waals surface area contributed by atoms with E-state index in [1.54, 1.807) is 0 Å². The Labute approximate surface area is 418 Å². The Kier molecular flexibility index (Phi) is 12.4. The highest BCUT2D eigenvalue weighted by molar-refractivity contribution is 6.11. The van der Waals surface area contributed by atoms with E-state index in [9.17, 15) is 0 Å². The number of fused-ring (bicyclic) bond motifs is 3. The molecule has 8 aromatic rings. The smallest absolute Gasteiger partial charge is 0.137 e. The molecule has 5 nitrogen and oxygen atoms in total. The van der Waals surface area contributed by atoms with Gasteiger partial charge in [-0.05, 0) is 116 Å². The molecule has 0 spiro atoms. The third-order valence-electron chi connectivity index (χ3n) is 14.6. The van der Waals surface area contributed by atoms with Crippen molar-refractivity contribution in [2.24, 2.45) is 0 Å². The first kappa shape index (κ1) is 48.4. The van der Waals surface area contributed by atoms with Crippen LogP contribution in [0.5, 0.6) is 11.5 Å². The Hall–Kier alpha value is -6.59. The first-order chi connectivity index (χ1) is 33.0. The molecule has 0 saturated heterocycles. The Bertz CT molecular complexity index is 3230. The van der Waals surface area contributed by atoms with Gasteiger partial charge in [0, 0.05) is 57.7 Å². The number of hydrogen-bond acceptors (Lipinski definition) is 4. The van der Waals surface area contributed by atoms with Gasteiger partial charge in [0.05, 0.1) is 23.4 Å². The van der Waals surface area contributed by atoms with Crippen LogP contribution in [0.1, 0.15) is 160 Å². The maximum Gasteiger partial charge on any atom is 0.137 e. The van der Waals surface area contributed by atoms with E-state index in [4.69, 9.17) is 9.72 Å². The van der Waals surface area contributed by atoms with Gasteiger partial charge in [-0.3, -0.25) is 4.57 Å². The highest BCUT2D eigenvalue weighted by Gasteiger charge is 2.32. The second-order valence-electron chi connectivity index (χ2n) is 23.9. The number of ether oxygens (including phenoxy) is 1.